The summed E-state index contributed by atoms with van der Waals surface area (Å²) in [6.07, 6.45) is 4.20. The largest absolute Gasteiger partial charge is 0.389 e. The predicted molar refractivity (Wildman–Crippen MR) is 49.4 cm³/mol. The molecule has 11 heavy (non-hydrogen) atoms. The minimum absolute atomic E-state index is 0.312. The number of allylic oxidation sites excluding steroid dienone is 2. The molecule has 0 heterocycles. The van der Waals surface area contributed by atoms with Crippen LogP contribution in [0.3, 0.4) is 0 Å². The SMILES string of the molecule is C=CC(C)CC(O)C=C(C)C. The van der Waals surface area contributed by atoms with Gasteiger partial charge in [0, 0.05) is 0 Å². The second-order valence-corrected chi connectivity index (χ2v) is 3.26. The van der Waals surface area contributed by atoms with Crippen LogP contribution in [0.1, 0.15) is 27.2 Å². The van der Waals surface area contributed by atoms with Crippen LogP contribution in [0, 0.1) is 5.92 Å². The smallest absolute Gasteiger partial charge is 0.0728 e. The lowest BCUT2D eigenvalue weighted by molar-refractivity contribution is 0.199. The van der Waals surface area contributed by atoms with Crippen molar-refractivity contribution in [2.75, 3.05) is 0 Å². The van der Waals surface area contributed by atoms with Gasteiger partial charge < -0.3 is 5.11 Å². The van der Waals surface area contributed by atoms with Gasteiger partial charge in [-0.15, -0.1) is 6.58 Å². The highest BCUT2D eigenvalue weighted by Crippen LogP contribution is 2.08. The zero-order valence-electron chi connectivity index (χ0n) is 7.67. The summed E-state index contributed by atoms with van der Waals surface area (Å²) in [6.45, 7) is 9.69. The van der Waals surface area contributed by atoms with E-state index in [1.807, 2.05) is 26.0 Å². The molecule has 64 valence electrons. The molecule has 2 unspecified atom stereocenters. The van der Waals surface area contributed by atoms with Crippen molar-refractivity contribution < 1.29 is 5.11 Å². The van der Waals surface area contributed by atoms with Crippen molar-refractivity contribution in [1.82, 2.24) is 0 Å². The van der Waals surface area contributed by atoms with Gasteiger partial charge in [0.25, 0.3) is 0 Å². The fraction of sp³-hybridized carbons (Fsp3) is 0.600. The maximum Gasteiger partial charge on any atom is 0.0728 e. The lowest BCUT2D eigenvalue weighted by Gasteiger charge is -2.09. The van der Waals surface area contributed by atoms with Gasteiger partial charge in [0.15, 0.2) is 0 Å². The molecule has 1 N–H and O–H groups in total. The second kappa shape index (κ2) is 5.14. The lowest BCUT2D eigenvalue weighted by atomic mass is 10.0. The molecular formula is C10H18O. The first-order valence-corrected chi connectivity index (χ1v) is 4.02. The van der Waals surface area contributed by atoms with E-state index >= 15 is 0 Å². The molecule has 0 aliphatic carbocycles. The van der Waals surface area contributed by atoms with Gasteiger partial charge in [-0.05, 0) is 26.2 Å². The van der Waals surface area contributed by atoms with Crippen LogP contribution in [0.4, 0.5) is 0 Å². The Kier molecular flexibility index (Phi) is 4.88. The summed E-state index contributed by atoms with van der Waals surface area (Å²) in [4.78, 5) is 0. The van der Waals surface area contributed by atoms with E-state index in [-0.39, 0.29) is 6.10 Å². The Bertz CT molecular complexity index is 143. The van der Waals surface area contributed by atoms with Crippen molar-refractivity contribution in [1.29, 1.82) is 0 Å². The van der Waals surface area contributed by atoms with Crippen molar-refractivity contribution in [2.24, 2.45) is 5.92 Å². The molecule has 0 bridgehead atoms. The lowest BCUT2D eigenvalue weighted by Crippen LogP contribution is -2.07. The predicted octanol–water partition coefficient (Wildman–Crippen LogP) is 2.53. The molecular weight excluding hydrogens is 136 g/mol. The van der Waals surface area contributed by atoms with Crippen LogP contribution in [-0.2, 0) is 0 Å². The van der Waals surface area contributed by atoms with Crippen LogP contribution >= 0.6 is 0 Å². The Labute approximate surface area is 69.4 Å². The van der Waals surface area contributed by atoms with Crippen LogP contribution in [0.2, 0.25) is 0 Å². The number of hydrogen-bond acceptors (Lipinski definition) is 1. The highest BCUT2D eigenvalue weighted by Gasteiger charge is 2.03. The molecule has 0 fully saturated rings. The molecule has 0 aromatic heterocycles. The van der Waals surface area contributed by atoms with Crippen LogP contribution in [0.15, 0.2) is 24.3 Å². The Balaban J connectivity index is 3.77. The van der Waals surface area contributed by atoms with E-state index in [1.54, 1.807) is 0 Å². The summed E-state index contributed by atoms with van der Waals surface area (Å²) in [5.74, 6) is 0.389. The van der Waals surface area contributed by atoms with E-state index in [1.165, 1.54) is 0 Å². The Hall–Kier alpha value is -0.560. The van der Waals surface area contributed by atoms with Gasteiger partial charge in [-0.2, -0.15) is 0 Å². The normalized spacial score (nSPS) is 15.3. The molecule has 0 aliphatic heterocycles. The Morgan fingerprint density at radius 1 is 1.55 bits per heavy atom. The van der Waals surface area contributed by atoms with Gasteiger partial charge in [-0.25, -0.2) is 0 Å². The molecule has 0 saturated carbocycles. The number of aliphatic hydroxyl groups is 1. The molecule has 0 amide bonds. The van der Waals surface area contributed by atoms with E-state index in [4.69, 9.17) is 0 Å². The molecule has 2 atom stereocenters. The molecule has 0 aromatic carbocycles. The highest BCUT2D eigenvalue weighted by atomic mass is 16.3. The first-order chi connectivity index (χ1) is 5.06. The van der Waals surface area contributed by atoms with Crippen LogP contribution < -0.4 is 0 Å². The third-order valence-corrected chi connectivity index (χ3v) is 1.54. The fourth-order valence-electron chi connectivity index (χ4n) is 0.930. The van der Waals surface area contributed by atoms with Gasteiger partial charge in [0.1, 0.15) is 0 Å². The first-order valence-electron chi connectivity index (χ1n) is 4.02. The van der Waals surface area contributed by atoms with E-state index in [2.05, 4.69) is 13.5 Å². The third kappa shape index (κ3) is 5.86. The highest BCUT2D eigenvalue weighted by molar-refractivity contribution is 4.98. The van der Waals surface area contributed by atoms with Gasteiger partial charge in [-0.1, -0.05) is 24.6 Å². The number of aliphatic hydroxyl groups excluding tert-OH is 1. The average Bonchev–Trinajstić information content (AvgIpc) is 1.85. The van der Waals surface area contributed by atoms with Crippen molar-refractivity contribution in [3.8, 4) is 0 Å². The molecule has 1 nitrogen and oxygen atoms in total. The average molecular weight is 154 g/mol. The minimum atomic E-state index is -0.312. The molecule has 0 aliphatic rings. The minimum Gasteiger partial charge on any atom is -0.389 e. The van der Waals surface area contributed by atoms with Crippen LogP contribution in [0.25, 0.3) is 0 Å². The van der Waals surface area contributed by atoms with Gasteiger partial charge >= 0.3 is 0 Å². The van der Waals surface area contributed by atoms with E-state index in [0.29, 0.717) is 5.92 Å². The summed E-state index contributed by atoms with van der Waals surface area (Å²) < 4.78 is 0. The molecule has 0 radical (unpaired) electrons. The summed E-state index contributed by atoms with van der Waals surface area (Å²) in [5.41, 5.74) is 1.16. The summed E-state index contributed by atoms with van der Waals surface area (Å²) in [5, 5.41) is 9.40. The van der Waals surface area contributed by atoms with Gasteiger partial charge in [-0.3, -0.25) is 0 Å². The third-order valence-electron chi connectivity index (χ3n) is 1.54. The Morgan fingerprint density at radius 3 is 2.45 bits per heavy atom. The first kappa shape index (κ1) is 10.4. The van der Waals surface area contributed by atoms with Crippen molar-refractivity contribution in [3.05, 3.63) is 24.3 Å². The van der Waals surface area contributed by atoms with Crippen molar-refractivity contribution in [3.63, 3.8) is 0 Å². The fourth-order valence-corrected chi connectivity index (χ4v) is 0.930. The maximum absolute atomic E-state index is 9.40. The van der Waals surface area contributed by atoms with E-state index in [9.17, 15) is 5.11 Å². The molecule has 1 heteroatoms. The maximum atomic E-state index is 9.40. The summed E-state index contributed by atoms with van der Waals surface area (Å²) in [7, 11) is 0. The van der Waals surface area contributed by atoms with Crippen molar-refractivity contribution in [2.45, 2.75) is 33.3 Å². The van der Waals surface area contributed by atoms with Crippen LogP contribution in [0.5, 0.6) is 0 Å². The zero-order valence-corrected chi connectivity index (χ0v) is 7.67. The monoisotopic (exact) mass is 154 g/mol. The molecule has 0 spiro atoms. The Morgan fingerprint density at radius 2 is 2.09 bits per heavy atom. The molecule has 0 saturated heterocycles. The second-order valence-electron chi connectivity index (χ2n) is 3.26. The van der Waals surface area contributed by atoms with Gasteiger partial charge in [0.2, 0.25) is 0 Å². The quantitative estimate of drug-likeness (QED) is 0.617. The summed E-state index contributed by atoms with van der Waals surface area (Å²) >= 11 is 0. The molecule has 0 rings (SSSR count). The summed E-state index contributed by atoms with van der Waals surface area (Å²) in [6, 6.07) is 0. The van der Waals surface area contributed by atoms with Crippen molar-refractivity contribution >= 4 is 0 Å². The number of hydrogen-bond donors (Lipinski definition) is 1. The number of rotatable bonds is 4. The molecule has 0 aromatic rings. The topological polar surface area (TPSA) is 20.2 Å². The van der Waals surface area contributed by atoms with E-state index < -0.39 is 0 Å². The van der Waals surface area contributed by atoms with Gasteiger partial charge in [0.05, 0.1) is 6.10 Å². The zero-order chi connectivity index (χ0) is 8.85. The van der Waals surface area contributed by atoms with E-state index in [0.717, 1.165) is 12.0 Å². The van der Waals surface area contributed by atoms with Crippen LogP contribution in [-0.4, -0.2) is 11.2 Å². The standard InChI is InChI=1S/C10H18O/c1-5-9(4)7-10(11)6-8(2)3/h5-6,9-11H,1,7H2,2-4H3.